The zero-order valence-corrected chi connectivity index (χ0v) is 9.93. The van der Waals surface area contributed by atoms with Gasteiger partial charge in [0.1, 0.15) is 0 Å². The molecule has 1 rings (SSSR count). The van der Waals surface area contributed by atoms with E-state index in [1.165, 1.54) is 19.3 Å². The predicted octanol–water partition coefficient (Wildman–Crippen LogP) is 3.03. The van der Waals surface area contributed by atoms with Crippen molar-refractivity contribution in [1.82, 2.24) is 5.32 Å². The zero-order chi connectivity index (χ0) is 10.7. The van der Waals surface area contributed by atoms with E-state index < -0.39 is 0 Å². The van der Waals surface area contributed by atoms with Crippen LogP contribution in [-0.4, -0.2) is 11.9 Å². The van der Waals surface area contributed by atoms with Crippen LogP contribution in [-0.2, 0) is 0 Å². The van der Waals surface area contributed by atoms with Gasteiger partial charge in [0.25, 0.3) is 0 Å². The molecule has 1 saturated heterocycles. The van der Waals surface area contributed by atoms with Crippen molar-refractivity contribution < 1.29 is 0 Å². The fourth-order valence-electron chi connectivity index (χ4n) is 2.24. The molecule has 2 N–H and O–H groups in total. The highest BCUT2D eigenvalue weighted by Gasteiger charge is 2.31. The first-order chi connectivity index (χ1) is 6.54. The lowest BCUT2D eigenvalue weighted by atomic mass is 9.90. The summed E-state index contributed by atoms with van der Waals surface area (Å²) < 4.78 is 0. The van der Waals surface area contributed by atoms with Crippen LogP contribution in [0, 0.1) is 23.2 Å². The molecule has 0 aromatic carbocycles. The first-order valence-electron chi connectivity index (χ1n) is 5.89. The summed E-state index contributed by atoms with van der Waals surface area (Å²) in [6.45, 7) is 8.99. The monoisotopic (exact) mass is 196 g/mol. The molecule has 0 amide bonds. The van der Waals surface area contributed by atoms with E-state index in [0.29, 0.717) is 23.8 Å². The molecule has 3 unspecified atom stereocenters. The number of nitrogens with one attached hydrogen (secondary N) is 2. The Kier molecular flexibility index (Phi) is 3.97. The smallest absolute Gasteiger partial charge is 0.0966 e. The van der Waals surface area contributed by atoms with Gasteiger partial charge >= 0.3 is 0 Å². The number of rotatable bonds is 4. The fraction of sp³-hybridized carbons (Fsp3) is 0.917. The van der Waals surface area contributed by atoms with Gasteiger partial charge in [0.05, 0.1) is 5.84 Å². The number of amidine groups is 1. The quantitative estimate of drug-likeness (QED) is 0.712. The third-order valence-corrected chi connectivity index (χ3v) is 3.37. The van der Waals surface area contributed by atoms with Crippen LogP contribution in [0.1, 0.15) is 47.0 Å². The molecular formula is C12H24N2. The minimum Gasteiger partial charge on any atom is -0.371 e. The molecule has 82 valence electrons. The lowest BCUT2D eigenvalue weighted by Crippen LogP contribution is -2.31. The molecule has 3 atom stereocenters. The molecule has 0 aromatic heterocycles. The third kappa shape index (κ3) is 2.73. The van der Waals surface area contributed by atoms with Crippen LogP contribution in [0.5, 0.6) is 0 Å². The van der Waals surface area contributed by atoms with Crippen molar-refractivity contribution in [3.8, 4) is 0 Å². The molecule has 2 nitrogen and oxygen atoms in total. The zero-order valence-electron chi connectivity index (χ0n) is 9.93. The van der Waals surface area contributed by atoms with Crippen molar-refractivity contribution in [1.29, 1.82) is 5.41 Å². The van der Waals surface area contributed by atoms with Gasteiger partial charge in [-0.15, -0.1) is 0 Å². The maximum Gasteiger partial charge on any atom is 0.0966 e. The summed E-state index contributed by atoms with van der Waals surface area (Å²) in [7, 11) is 0. The summed E-state index contributed by atoms with van der Waals surface area (Å²) in [5.74, 6) is 2.68. The van der Waals surface area contributed by atoms with E-state index in [-0.39, 0.29) is 0 Å². The lowest BCUT2D eigenvalue weighted by molar-refractivity contribution is 0.383. The van der Waals surface area contributed by atoms with Crippen LogP contribution in [0.3, 0.4) is 0 Å². The van der Waals surface area contributed by atoms with Crippen molar-refractivity contribution >= 4 is 5.84 Å². The molecule has 0 bridgehead atoms. The van der Waals surface area contributed by atoms with Crippen molar-refractivity contribution in [2.45, 2.75) is 53.0 Å². The molecule has 1 aliphatic heterocycles. The predicted molar refractivity (Wildman–Crippen MR) is 61.7 cm³/mol. The van der Waals surface area contributed by atoms with Crippen LogP contribution in [0.2, 0.25) is 0 Å². The Morgan fingerprint density at radius 3 is 2.57 bits per heavy atom. The number of hydrogen-bond donors (Lipinski definition) is 2. The topological polar surface area (TPSA) is 35.9 Å². The van der Waals surface area contributed by atoms with E-state index in [2.05, 4.69) is 33.0 Å². The summed E-state index contributed by atoms with van der Waals surface area (Å²) in [4.78, 5) is 0. The van der Waals surface area contributed by atoms with Gasteiger partial charge in [0, 0.05) is 12.0 Å². The van der Waals surface area contributed by atoms with Crippen molar-refractivity contribution in [2.75, 3.05) is 0 Å². The molecule has 0 radical (unpaired) electrons. The van der Waals surface area contributed by atoms with Gasteiger partial charge in [-0.2, -0.15) is 0 Å². The maximum absolute atomic E-state index is 7.89. The van der Waals surface area contributed by atoms with Crippen LogP contribution in [0.4, 0.5) is 0 Å². The molecule has 0 aromatic rings. The Morgan fingerprint density at radius 1 is 1.43 bits per heavy atom. The van der Waals surface area contributed by atoms with E-state index in [4.69, 9.17) is 5.41 Å². The van der Waals surface area contributed by atoms with Gasteiger partial charge < -0.3 is 5.32 Å². The number of hydrogen-bond acceptors (Lipinski definition) is 1. The van der Waals surface area contributed by atoms with Gasteiger partial charge in [0.15, 0.2) is 0 Å². The van der Waals surface area contributed by atoms with Crippen molar-refractivity contribution in [3.05, 3.63) is 0 Å². The molecule has 0 aliphatic carbocycles. The van der Waals surface area contributed by atoms with Crippen molar-refractivity contribution in [2.24, 2.45) is 17.8 Å². The highest BCUT2D eigenvalue weighted by Crippen LogP contribution is 2.27. The normalized spacial score (nSPS) is 29.4. The molecule has 0 saturated carbocycles. The minimum atomic E-state index is 0.494. The van der Waals surface area contributed by atoms with Crippen LogP contribution >= 0.6 is 0 Å². The standard InChI is InChI=1S/C12H24N2/c1-5-9(4)11-7-10(6-8(2)3)12(13)14-11/h8-11H,5-7H2,1-4H3,(H2,13,14). The minimum absolute atomic E-state index is 0.494. The fourth-order valence-corrected chi connectivity index (χ4v) is 2.24. The van der Waals surface area contributed by atoms with Gasteiger partial charge in [-0.05, 0) is 24.7 Å². The van der Waals surface area contributed by atoms with Gasteiger partial charge in [0.2, 0.25) is 0 Å². The Hall–Kier alpha value is -0.530. The largest absolute Gasteiger partial charge is 0.371 e. The molecule has 1 aliphatic rings. The second-order valence-electron chi connectivity index (χ2n) is 5.11. The Balaban J connectivity index is 2.47. The van der Waals surface area contributed by atoms with Gasteiger partial charge in [-0.3, -0.25) is 5.41 Å². The Bertz CT molecular complexity index is 198. The average Bonchev–Trinajstić information content (AvgIpc) is 2.46. The molecular weight excluding hydrogens is 172 g/mol. The van der Waals surface area contributed by atoms with Gasteiger partial charge in [-0.1, -0.05) is 34.1 Å². The Morgan fingerprint density at radius 2 is 2.07 bits per heavy atom. The molecule has 1 fully saturated rings. The van der Waals surface area contributed by atoms with E-state index in [0.717, 1.165) is 5.84 Å². The summed E-state index contributed by atoms with van der Waals surface area (Å²) in [5.41, 5.74) is 0. The third-order valence-electron chi connectivity index (χ3n) is 3.37. The van der Waals surface area contributed by atoms with Crippen LogP contribution in [0.25, 0.3) is 0 Å². The van der Waals surface area contributed by atoms with Crippen molar-refractivity contribution in [3.63, 3.8) is 0 Å². The highest BCUT2D eigenvalue weighted by molar-refractivity contribution is 5.84. The average molecular weight is 196 g/mol. The Labute approximate surface area is 88.0 Å². The molecule has 1 heterocycles. The second-order valence-corrected chi connectivity index (χ2v) is 5.11. The second kappa shape index (κ2) is 4.81. The highest BCUT2D eigenvalue weighted by atomic mass is 15.0. The SMILES string of the molecule is CCC(C)C1CC(CC(C)C)C(=N)N1. The maximum atomic E-state index is 7.89. The summed E-state index contributed by atoms with van der Waals surface area (Å²) in [5, 5.41) is 11.2. The molecule has 2 heteroatoms. The van der Waals surface area contributed by atoms with E-state index in [1.807, 2.05) is 0 Å². The molecule has 14 heavy (non-hydrogen) atoms. The lowest BCUT2D eigenvalue weighted by Gasteiger charge is -2.17. The summed E-state index contributed by atoms with van der Waals surface area (Å²) >= 11 is 0. The molecule has 0 spiro atoms. The summed E-state index contributed by atoms with van der Waals surface area (Å²) in [6, 6.07) is 0.552. The van der Waals surface area contributed by atoms with E-state index in [9.17, 15) is 0 Å². The first kappa shape index (κ1) is 11.5. The van der Waals surface area contributed by atoms with Gasteiger partial charge in [-0.25, -0.2) is 0 Å². The van der Waals surface area contributed by atoms with Crippen LogP contribution < -0.4 is 5.32 Å². The first-order valence-corrected chi connectivity index (χ1v) is 5.89. The summed E-state index contributed by atoms with van der Waals surface area (Å²) in [6.07, 6.45) is 3.55. The van der Waals surface area contributed by atoms with Crippen LogP contribution in [0.15, 0.2) is 0 Å². The van der Waals surface area contributed by atoms with E-state index >= 15 is 0 Å². The van der Waals surface area contributed by atoms with E-state index in [1.54, 1.807) is 0 Å².